The molecule has 8 nitrogen and oxygen atoms in total. The van der Waals surface area contributed by atoms with Crippen LogP contribution in [0.1, 0.15) is 50.7 Å². The zero-order chi connectivity index (χ0) is 21.8. The third-order valence-corrected chi connectivity index (χ3v) is 5.81. The van der Waals surface area contributed by atoms with Gasteiger partial charge >= 0.3 is 6.03 Å². The Morgan fingerprint density at radius 2 is 1.76 bits per heavy atom. The number of carbonyl (C=O) groups excluding carboxylic acids is 1. The fraction of sp³-hybridized carbons (Fsp3) is 0.500. The van der Waals surface area contributed by atoms with Crippen molar-refractivity contribution in [3.8, 4) is 0 Å². The number of amides is 2. The number of benzene rings is 1. The molecule has 0 aliphatic rings. The molecule has 0 saturated carbocycles. The second kappa shape index (κ2) is 9.41. The number of likely N-dealkylation sites (N-methyl/N-ethyl adjacent to an activating group) is 1. The second-order valence-corrected chi connectivity index (χ2v) is 9.69. The Hall–Kier alpha value is -2.39. The van der Waals surface area contributed by atoms with Gasteiger partial charge in [-0.05, 0) is 43.1 Å². The van der Waals surface area contributed by atoms with E-state index in [2.05, 4.69) is 42.8 Å². The fourth-order valence-electron chi connectivity index (χ4n) is 2.94. The molecule has 0 aliphatic heterocycles. The van der Waals surface area contributed by atoms with Gasteiger partial charge in [-0.15, -0.1) is 0 Å². The number of urea groups is 1. The van der Waals surface area contributed by atoms with Crippen molar-refractivity contribution >= 4 is 21.6 Å². The van der Waals surface area contributed by atoms with Gasteiger partial charge in [0.2, 0.25) is 0 Å². The second-order valence-electron chi connectivity index (χ2n) is 7.95. The highest BCUT2D eigenvalue weighted by molar-refractivity contribution is 7.91. The Morgan fingerprint density at radius 1 is 1.17 bits per heavy atom. The van der Waals surface area contributed by atoms with Crippen molar-refractivity contribution in [2.45, 2.75) is 51.1 Å². The van der Waals surface area contributed by atoms with Crippen molar-refractivity contribution in [2.75, 3.05) is 26.0 Å². The average Bonchev–Trinajstić information content (AvgIpc) is 3.09. The van der Waals surface area contributed by atoms with Crippen LogP contribution >= 0.6 is 0 Å². The molecule has 1 aromatic heterocycles. The number of nitrogens with zero attached hydrogens (tertiary/aromatic N) is 3. The SMILES string of the molecule is CC(C)c1cccc(C(C)C)c1NC(=O)NS(=N)(=O)c1ccn(CCN(C)C)n1. The maximum Gasteiger partial charge on any atom is 0.332 e. The predicted molar refractivity (Wildman–Crippen MR) is 117 cm³/mol. The summed E-state index contributed by atoms with van der Waals surface area (Å²) in [5.74, 6) is 0.411. The summed E-state index contributed by atoms with van der Waals surface area (Å²) >= 11 is 0. The number of aromatic nitrogens is 2. The number of carbonyl (C=O) groups is 1. The maximum atomic E-state index is 12.8. The molecule has 1 aromatic carbocycles. The molecule has 1 unspecified atom stereocenters. The first-order chi connectivity index (χ1) is 13.5. The summed E-state index contributed by atoms with van der Waals surface area (Å²) in [5, 5.41) is 7.05. The lowest BCUT2D eigenvalue weighted by Crippen LogP contribution is -2.34. The topological polar surface area (TPSA) is 103 Å². The van der Waals surface area contributed by atoms with Gasteiger partial charge in [0.05, 0.1) is 6.54 Å². The molecular weight excluding hydrogens is 388 g/mol. The summed E-state index contributed by atoms with van der Waals surface area (Å²) in [4.78, 5) is 14.6. The van der Waals surface area contributed by atoms with Crippen LogP contribution < -0.4 is 10.0 Å². The van der Waals surface area contributed by atoms with E-state index < -0.39 is 15.9 Å². The number of hydrogen-bond donors (Lipinski definition) is 3. The minimum atomic E-state index is -3.57. The lowest BCUT2D eigenvalue weighted by atomic mass is 9.93. The van der Waals surface area contributed by atoms with Crippen molar-refractivity contribution < 1.29 is 9.00 Å². The molecule has 3 N–H and O–H groups in total. The van der Waals surface area contributed by atoms with Gasteiger partial charge in [-0.2, -0.15) is 5.10 Å². The van der Waals surface area contributed by atoms with Gasteiger partial charge in [0.1, 0.15) is 0 Å². The van der Waals surface area contributed by atoms with Crippen molar-refractivity contribution in [2.24, 2.45) is 0 Å². The van der Waals surface area contributed by atoms with Gasteiger partial charge in [0.15, 0.2) is 14.9 Å². The van der Waals surface area contributed by atoms with Crippen LogP contribution in [0.4, 0.5) is 10.5 Å². The maximum absolute atomic E-state index is 12.8. The van der Waals surface area contributed by atoms with Crippen molar-refractivity contribution in [3.63, 3.8) is 0 Å². The Morgan fingerprint density at radius 3 is 2.28 bits per heavy atom. The van der Waals surface area contributed by atoms with Crippen LogP contribution in [0.25, 0.3) is 0 Å². The minimum absolute atomic E-state index is 0.0348. The molecule has 0 fully saturated rings. The summed E-state index contributed by atoms with van der Waals surface area (Å²) in [6.45, 7) is 9.58. The van der Waals surface area contributed by atoms with E-state index in [-0.39, 0.29) is 16.9 Å². The number of rotatable bonds is 8. The summed E-state index contributed by atoms with van der Waals surface area (Å²) in [6, 6.07) is 6.74. The number of nitrogens with one attached hydrogen (secondary N) is 3. The largest absolute Gasteiger partial charge is 0.332 e. The Labute approximate surface area is 173 Å². The lowest BCUT2D eigenvalue weighted by Gasteiger charge is -2.20. The van der Waals surface area contributed by atoms with Gasteiger partial charge in [0, 0.05) is 18.4 Å². The zero-order valence-corrected chi connectivity index (χ0v) is 18.8. The molecule has 0 saturated heterocycles. The molecule has 1 heterocycles. The van der Waals surface area contributed by atoms with E-state index >= 15 is 0 Å². The Kier molecular flexibility index (Phi) is 7.43. The van der Waals surface area contributed by atoms with Crippen LogP contribution in [0, 0.1) is 4.78 Å². The molecule has 9 heteroatoms. The van der Waals surface area contributed by atoms with E-state index in [1.807, 2.05) is 37.2 Å². The number of anilines is 1. The van der Waals surface area contributed by atoms with Crippen molar-refractivity contribution in [1.82, 2.24) is 19.4 Å². The standard InChI is InChI=1S/C20H32N6O2S/c1-14(2)16-8-7-9-17(15(3)4)19(16)22-20(27)24-29(21,28)18-10-11-26(23-18)13-12-25(5)6/h7-11,14-15H,12-13H2,1-6H3,(H3,21,22,24,27,28). The van der Waals surface area contributed by atoms with E-state index in [0.29, 0.717) is 12.2 Å². The molecule has 29 heavy (non-hydrogen) atoms. The normalized spacial score (nSPS) is 13.7. The van der Waals surface area contributed by atoms with Crippen LogP contribution in [0.2, 0.25) is 0 Å². The van der Waals surface area contributed by atoms with E-state index in [0.717, 1.165) is 17.7 Å². The average molecular weight is 421 g/mol. The molecule has 2 rings (SSSR count). The highest BCUT2D eigenvalue weighted by Gasteiger charge is 2.20. The van der Waals surface area contributed by atoms with Gasteiger partial charge in [-0.25, -0.2) is 18.5 Å². The predicted octanol–water partition coefficient (Wildman–Crippen LogP) is 3.83. The van der Waals surface area contributed by atoms with Gasteiger partial charge in [0.25, 0.3) is 0 Å². The smallest absolute Gasteiger partial charge is 0.308 e. The number of para-hydroxylation sites is 1. The van der Waals surface area contributed by atoms with E-state index in [1.54, 1.807) is 10.9 Å². The molecule has 0 radical (unpaired) electrons. The Balaban J connectivity index is 2.19. The first-order valence-corrected chi connectivity index (χ1v) is 11.3. The summed E-state index contributed by atoms with van der Waals surface area (Å²) in [7, 11) is 0.326. The molecule has 0 spiro atoms. The van der Waals surface area contributed by atoms with Crippen LogP contribution in [0.15, 0.2) is 35.5 Å². The molecular formula is C20H32N6O2S. The lowest BCUT2D eigenvalue weighted by molar-refractivity contribution is 0.256. The third-order valence-electron chi connectivity index (χ3n) is 4.53. The summed E-state index contributed by atoms with van der Waals surface area (Å²) in [6.07, 6.45) is 1.66. The minimum Gasteiger partial charge on any atom is -0.308 e. The van der Waals surface area contributed by atoms with E-state index in [4.69, 9.17) is 4.78 Å². The zero-order valence-electron chi connectivity index (χ0n) is 18.0. The summed E-state index contributed by atoms with van der Waals surface area (Å²) < 4.78 is 24.8. The van der Waals surface area contributed by atoms with Crippen molar-refractivity contribution in [1.29, 1.82) is 4.78 Å². The quantitative estimate of drug-likeness (QED) is 0.604. The van der Waals surface area contributed by atoms with Crippen LogP contribution in [-0.2, 0) is 16.5 Å². The monoisotopic (exact) mass is 420 g/mol. The van der Waals surface area contributed by atoms with Gasteiger partial charge in [-0.3, -0.25) is 4.68 Å². The highest BCUT2D eigenvalue weighted by Crippen LogP contribution is 2.32. The highest BCUT2D eigenvalue weighted by atomic mass is 32.2. The van der Waals surface area contributed by atoms with Crippen LogP contribution in [0.5, 0.6) is 0 Å². The first kappa shape index (κ1) is 22.9. The Bertz CT molecular complexity index is 921. The fourth-order valence-corrected chi connectivity index (χ4v) is 3.83. The van der Waals surface area contributed by atoms with Gasteiger partial charge in [-0.1, -0.05) is 45.9 Å². The van der Waals surface area contributed by atoms with Crippen molar-refractivity contribution in [3.05, 3.63) is 41.6 Å². The third kappa shape index (κ3) is 6.04. The molecule has 2 aromatic rings. The van der Waals surface area contributed by atoms with E-state index in [9.17, 15) is 9.00 Å². The van der Waals surface area contributed by atoms with E-state index in [1.165, 1.54) is 6.07 Å². The first-order valence-electron chi connectivity index (χ1n) is 9.69. The van der Waals surface area contributed by atoms with Gasteiger partial charge < -0.3 is 10.2 Å². The molecule has 0 aliphatic carbocycles. The molecule has 0 bridgehead atoms. The van der Waals surface area contributed by atoms with Crippen LogP contribution in [0.3, 0.4) is 0 Å². The van der Waals surface area contributed by atoms with Crippen LogP contribution in [-0.4, -0.2) is 45.6 Å². The summed E-state index contributed by atoms with van der Waals surface area (Å²) in [5.41, 5.74) is 2.70. The molecule has 160 valence electrons. The molecule has 1 atom stereocenters. The number of hydrogen-bond acceptors (Lipinski definition) is 5. The molecule has 2 amide bonds.